The molecule has 0 unspecified atom stereocenters. The predicted molar refractivity (Wildman–Crippen MR) is 117 cm³/mol. The van der Waals surface area contributed by atoms with Gasteiger partial charge in [-0.25, -0.2) is 0 Å². The molecule has 0 bridgehead atoms. The molecule has 154 valence electrons. The number of aromatic nitrogens is 3. The molecule has 0 spiro atoms. The van der Waals surface area contributed by atoms with Crippen molar-refractivity contribution in [2.75, 3.05) is 33.0 Å². The van der Waals surface area contributed by atoms with Crippen LogP contribution < -0.4 is 24.8 Å². The van der Waals surface area contributed by atoms with Gasteiger partial charge < -0.3 is 29.4 Å². The van der Waals surface area contributed by atoms with Gasteiger partial charge >= 0.3 is 0 Å². The zero-order valence-electron chi connectivity index (χ0n) is 16.2. The van der Waals surface area contributed by atoms with Gasteiger partial charge in [0.05, 0.1) is 13.1 Å². The van der Waals surface area contributed by atoms with Crippen molar-refractivity contribution in [3.05, 3.63) is 30.4 Å². The second kappa shape index (κ2) is 11.6. The SMILES string of the molecule is CCNC(=NCCn1cnnc1CC)NCCOc1ccc2c(c1)OCO2.I. The molecule has 0 radical (unpaired) electrons. The molecule has 1 aromatic heterocycles. The minimum Gasteiger partial charge on any atom is -0.492 e. The van der Waals surface area contributed by atoms with E-state index in [-0.39, 0.29) is 30.8 Å². The average Bonchev–Trinajstić information content (AvgIpc) is 3.33. The van der Waals surface area contributed by atoms with Crippen LogP contribution in [0.1, 0.15) is 19.7 Å². The monoisotopic (exact) mass is 502 g/mol. The van der Waals surface area contributed by atoms with Crippen LogP contribution in [0.5, 0.6) is 17.2 Å². The van der Waals surface area contributed by atoms with Crippen LogP contribution in [0.3, 0.4) is 0 Å². The second-order valence-corrected chi connectivity index (χ2v) is 5.85. The highest BCUT2D eigenvalue weighted by atomic mass is 127. The Hall–Kier alpha value is -2.24. The number of aliphatic imine (C=N–C) groups is 1. The van der Waals surface area contributed by atoms with Crippen molar-refractivity contribution < 1.29 is 14.2 Å². The maximum Gasteiger partial charge on any atom is 0.231 e. The number of nitrogens with zero attached hydrogens (tertiary/aromatic N) is 4. The number of benzene rings is 1. The topological polar surface area (TPSA) is 94.8 Å². The number of halogens is 1. The molecule has 0 saturated heterocycles. The summed E-state index contributed by atoms with van der Waals surface area (Å²) >= 11 is 0. The first kappa shape index (κ1) is 22.1. The molecule has 0 amide bonds. The summed E-state index contributed by atoms with van der Waals surface area (Å²) < 4.78 is 18.4. The molecule has 0 fully saturated rings. The smallest absolute Gasteiger partial charge is 0.231 e. The van der Waals surface area contributed by atoms with Crippen molar-refractivity contribution in [3.63, 3.8) is 0 Å². The zero-order valence-corrected chi connectivity index (χ0v) is 18.5. The summed E-state index contributed by atoms with van der Waals surface area (Å²) in [6, 6.07) is 5.56. The van der Waals surface area contributed by atoms with Crippen LogP contribution in [-0.4, -0.2) is 53.8 Å². The van der Waals surface area contributed by atoms with Gasteiger partial charge in [0, 0.05) is 25.6 Å². The first-order chi connectivity index (χ1) is 13.3. The minimum absolute atomic E-state index is 0. The van der Waals surface area contributed by atoms with Crippen molar-refractivity contribution in [2.24, 2.45) is 4.99 Å². The molecular formula is C18H27IN6O3. The lowest BCUT2D eigenvalue weighted by molar-refractivity contribution is 0.173. The standard InChI is InChI=1S/C18H26N6O3.HI/c1-3-17-23-22-12-24(17)9-7-20-18(19-4-2)21-8-10-25-14-5-6-15-16(11-14)27-13-26-15;/h5-6,11-12H,3-4,7-10,13H2,1-2H3,(H2,19,20,21);1H. The molecule has 3 rings (SSSR count). The number of hydrogen-bond donors (Lipinski definition) is 2. The van der Waals surface area contributed by atoms with Crippen LogP contribution in [0.4, 0.5) is 0 Å². The van der Waals surface area contributed by atoms with E-state index in [0.29, 0.717) is 19.7 Å². The van der Waals surface area contributed by atoms with Crippen molar-refractivity contribution in [2.45, 2.75) is 26.8 Å². The number of nitrogens with one attached hydrogen (secondary N) is 2. The van der Waals surface area contributed by atoms with Gasteiger partial charge in [-0.15, -0.1) is 34.2 Å². The number of hydrogen-bond acceptors (Lipinski definition) is 6. The van der Waals surface area contributed by atoms with E-state index in [9.17, 15) is 0 Å². The highest BCUT2D eigenvalue weighted by Gasteiger charge is 2.13. The number of guanidine groups is 1. The summed E-state index contributed by atoms with van der Waals surface area (Å²) in [5.74, 6) is 3.96. The Bertz CT molecular complexity index is 768. The van der Waals surface area contributed by atoms with E-state index in [1.54, 1.807) is 6.33 Å². The number of fused-ring (bicyclic) bond motifs is 1. The molecule has 2 aromatic rings. The highest BCUT2D eigenvalue weighted by molar-refractivity contribution is 14.0. The maximum atomic E-state index is 5.75. The predicted octanol–water partition coefficient (Wildman–Crippen LogP) is 1.82. The fourth-order valence-corrected chi connectivity index (χ4v) is 2.66. The Morgan fingerprint density at radius 2 is 2.11 bits per heavy atom. The molecule has 9 nitrogen and oxygen atoms in total. The van der Waals surface area contributed by atoms with Gasteiger partial charge in [0.2, 0.25) is 6.79 Å². The van der Waals surface area contributed by atoms with Crippen LogP contribution in [0, 0.1) is 0 Å². The molecular weight excluding hydrogens is 475 g/mol. The largest absolute Gasteiger partial charge is 0.492 e. The Balaban J connectivity index is 0.00000280. The molecule has 1 aliphatic heterocycles. The fraction of sp³-hybridized carbons (Fsp3) is 0.500. The van der Waals surface area contributed by atoms with Crippen molar-refractivity contribution >= 4 is 29.9 Å². The Labute approximate surface area is 181 Å². The van der Waals surface area contributed by atoms with E-state index in [4.69, 9.17) is 14.2 Å². The molecule has 10 heteroatoms. The summed E-state index contributed by atoms with van der Waals surface area (Å²) in [5, 5.41) is 14.5. The van der Waals surface area contributed by atoms with Gasteiger partial charge in [0.1, 0.15) is 24.5 Å². The number of aryl methyl sites for hydroxylation is 1. The summed E-state index contributed by atoms with van der Waals surface area (Å²) in [4.78, 5) is 4.58. The molecule has 0 saturated carbocycles. The lowest BCUT2D eigenvalue weighted by Gasteiger charge is -2.12. The second-order valence-electron chi connectivity index (χ2n) is 5.85. The van der Waals surface area contributed by atoms with Gasteiger partial charge in [0.25, 0.3) is 0 Å². The zero-order chi connectivity index (χ0) is 18.9. The van der Waals surface area contributed by atoms with Crippen molar-refractivity contribution in [1.82, 2.24) is 25.4 Å². The average molecular weight is 502 g/mol. The lowest BCUT2D eigenvalue weighted by Crippen LogP contribution is -2.39. The van der Waals surface area contributed by atoms with Crippen molar-refractivity contribution in [3.8, 4) is 17.2 Å². The highest BCUT2D eigenvalue weighted by Crippen LogP contribution is 2.34. The molecule has 2 heterocycles. The summed E-state index contributed by atoms with van der Waals surface area (Å²) in [5.41, 5.74) is 0. The van der Waals surface area contributed by atoms with Crippen LogP contribution >= 0.6 is 24.0 Å². The summed E-state index contributed by atoms with van der Waals surface area (Å²) in [6.07, 6.45) is 2.60. The van der Waals surface area contributed by atoms with Crippen LogP contribution in [0.15, 0.2) is 29.5 Å². The van der Waals surface area contributed by atoms with E-state index >= 15 is 0 Å². The van der Waals surface area contributed by atoms with E-state index in [2.05, 4.69) is 32.7 Å². The third-order valence-corrected chi connectivity index (χ3v) is 3.97. The van der Waals surface area contributed by atoms with Crippen LogP contribution in [0.2, 0.25) is 0 Å². The van der Waals surface area contributed by atoms with Gasteiger partial charge in [-0.3, -0.25) is 4.99 Å². The maximum absolute atomic E-state index is 5.75. The van der Waals surface area contributed by atoms with Gasteiger partial charge in [-0.2, -0.15) is 0 Å². The third-order valence-electron chi connectivity index (χ3n) is 3.97. The molecule has 1 aliphatic rings. The number of rotatable bonds is 9. The van der Waals surface area contributed by atoms with Crippen LogP contribution in [-0.2, 0) is 13.0 Å². The van der Waals surface area contributed by atoms with Gasteiger partial charge in [0.15, 0.2) is 17.5 Å². The van der Waals surface area contributed by atoms with Crippen molar-refractivity contribution in [1.29, 1.82) is 0 Å². The third kappa shape index (κ3) is 6.14. The summed E-state index contributed by atoms with van der Waals surface area (Å²) in [6.45, 7) is 7.69. The minimum atomic E-state index is 0. The van der Waals surface area contributed by atoms with E-state index < -0.39 is 0 Å². The van der Waals surface area contributed by atoms with Gasteiger partial charge in [-0.1, -0.05) is 6.92 Å². The van der Waals surface area contributed by atoms with Gasteiger partial charge in [-0.05, 0) is 19.1 Å². The molecule has 28 heavy (non-hydrogen) atoms. The Kier molecular flexibility index (Phi) is 9.11. The lowest BCUT2D eigenvalue weighted by atomic mass is 10.3. The fourth-order valence-electron chi connectivity index (χ4n) is 2.66. The first-order valence-electron chi connectivity index (χ1n) is 9.21. The normalized spacial score (nSPS) is 12.4. The van der Waals surface area contributed by atoms with Crippen LogP contribution in [0.25, 0.3) is 0 Å². The van der Waals surface area contributed by atoms with E-state index in [1.165, 1.54) is 0 Å². The van der Waals surface area contributed by atoms with E-state index in [1.807, 2.05) is 29.7 Å². The molecule has 1 aromatic carbocycles. The molecule has 2 N–H and O–H groups in total. The number of ether oxygens (including phenoxy) is 3. The molecule has 0 atom stereocenters. The van der Waals surface area contributed by atoms with E-state index in [0.717, 1.165) is 48.5 Å². The quantitative estimate of drug-likeness (QED) is 0.234. The Morgan fingerprint density at radius 3 is 2.93 bits per heavy atom. The Morgan fingerprint density at radius 1 is 1.25 bits per heavy atom. The first-order valence-corrected chi connectivity index (χ1v) is 9.21. The molecule has 0 aliphatic carbocycles. The summed E-state index contributed by atoms with van der Waals surface area (Å²) in [7, 11) is 0.